The van der Waals surface area contributed by atoms with Gasteiger partial charge in [-0.3, -0.25) is 4.79 Å². The third-order valence-corrected chi connectivity index (χ3v) is 5.86. The summed E-state index contributed by atoms with van der Waals surface area (Å²) in [6.45, 7) is 2.61. The number of nitrogens with zero attached hydrogens (tertiary/aromatic N) is 3. The first kappa shape index (κ1) is 19.5. The summed E-state index contributed by atoms with van der Waals surface area (Å²) < 4.78 is 11.7. The summed E-state index contributed by atoms with van der Waals surface area (Å²) in [6.07, 6.45) is 4.49. The van der Waals surface area contributed by atoms with Crippen LogP contribution in [0.4, 0.5) is 0 Å². The molecule has 0 radical (unpaired) electrons. The van der Waals surface area contributed by atoms with Crippen molar-refractivity contribution in [2.24, 2.45) is 0 Å². The van der Waals surface area contributed by atoms with E-state index in [-0.39, 0.29) is 5.78 Å². The molecule has 0 amide bonds. The second-order valence-corrected chi connectivity index (χ2v) is 8.17. The molecule has 0 fully saturated rings. The van der Waals surface area contributed by atoms with Crippen molar-refractivity contribution in [3.63, 3.8) is 0 Å². The fraction of sp³-hybridized carbons (Fsp3) is 0.238. The molecule has 148 valence electrons. The molecule has 3 heterocycles. The van der Waals surface area contributed by atoms with Gasteiger partial charge in [-0.1, -0.05) is 12.1 Å². The summed E-state index contributed by atoms with van der Waals surface area (Å²) in [4.78, 5) is 25.1. The second kappa shape index (κ2) is 9.11. The molecule has 29 heavy (non-hydrogen) atoms. The molecule has 4 rings (SSSR count). The molecule has 0 unspecified atom stereocenters. The summed E-state index contributed by atoms with van der Waals surface area (Å²) in [6, 6.07) is 7.61. The number of hydrogen-bond acceptors (Lipinski definition) is 8. The van der Waals surface area contributed by atoms with Gasteiger partial charge in [-0.25, -0.2) is 15.0 Å². The van der Waals surface area contributed by atoms with Crippen molar-refractivity contribution in [1.29, 1.82) is 0 Å². The van der Waals surface area contributed by atoms with Crippen LogP contribution < -0.4 is 9.47 Å². The first-order valence-electron chi connectivity index (χ1n) is 9.17. The maximum absolute atomic E-state index is 11.2. The van der Waals surface area contributed by atoms with E-state index in [1.54, 1.807) is 35.8 Å². The minimum atomic E-state index is 0.151. The minimum absolute atomic E-state index is 0.151. The number of thiazole rings is 1. The standard InChI is InChI=1S/C21H19N3O3S2/c1-14(25)11-15-3-5-16(6-4-15)26-8-2-9-27-19-18-17(20-22-7-10-28-20)12-29-21(18)24-13-23-19/h3-7,10,12-13H,2,8-9,11H2,1H3. The van der Waals surface area contributed by atoms with E-state index in [4.69, 9.17) is 9.47 Å². The van der Waals surface area contributed by atoms with E-state index in [2.05, 4.69) is 15.0 Å². The fourth-order valence-corrected chi connectivity index (χ4v) is 4.50. The fourth-order valence-electron chi connectivity index (χ4n) is 2.88. The maximum atomic E-state index is 11.2. The number of aromatic nitrogens is 3. The second-order valence-electron chi connectivity index (χ2n) is 6.42. The molecule has 0 aliphatic rings. The average Bonchev–Trinajstić information content (AvgIpc) is 3.38. The highest BCUT2D eigenvalue weighted by Gasteiger charge is 2.15. The molecule has 6 nitrogen and oxygen atoms in total. The number of Topliss-reactive ketones (excluding diaryl/α,β-unsaturated/α-hetero) is 1. The summed E-state index contributed by atoms with van der Waals surface area (Å²) in [5.41, 5.74) is 2.00. The number of benzene rings is 1. The molecule has 0 N–H and O–H groups in total. The van der Waals surface area contributed by atoms with Crippen LogP contribution in [0.5, 0.6) is 11.6 Å². The molecule has 0 saturated heterocycles. The zero-order valence-corrected chi connectivity index (χ0v) is 17.5. The Morgan fingerprint density at radius 1 is 1.03 bits per heavy atom. The van der Waals surface area contributed by atoms with E-state index in [1.165, 1.54) is 6.33 Å². The first-order chi connectivity index (χ1) is 14.2. The van der Waals surface area contributed by atoms with Crippen LogP contribution >= 0.6 is 22.7 Å². The van der Waals surface area contributed by atoms with Gasteiger partial charge < -0.3 is 9.47 Å². The third kappa shape index (κ3) is 4.78. The highest BCUT2D eigenvalue weighted by Crippen LogP contribution is 2.38. The van der Waals surface area contributed by atoms with Crippen molar-refractivity contribution in [3.05, 3.63) is 53.1 Å². The van der Waals surface area contributed by atoms with Gasteiger partial charge in [0.2, 0.25) is 5.88 Å². The number of ketones is 1. The lowest BCUT2D eigenvalue weighted by atomic mass is 10.1. The van der Waals surface area contributed by atoms with Crippen LogP contribution in [0.3, 0.4) is 0 Å². The van der Waals surface area contributed by atoms with Crippen molar-refractivity contribution >= 4 is 38.7 Å². The summed E-state index contributed by atoms with van der Waals surface area (Å²) in [5.74, 6) is 1.51. The predicted molar refractivity (Wildman–Crippen MR) is 115 cm³/mol. The Bertz CT molecular complexity index is 1090. The summed E-state index contributed by atoms with van der Waals surface area (Å²) >= 11 is 3.15. The minimum Gasteiger partial charge on any atom is -0.493 e. The van der Waals surface area contributed by atoms with E-state index in [9.17, 15) is 4.79 Å². The molecule has 0 atom stereocenters. The predicted octanol–water partition coefficient (Wildman–Crippen LogP) is 4.79. The maximum Gasteiger partial charge on any atom is 0.226 e. The average molecular weight is 426 g/mol. The number of carbonyl (C=O) groups excluding carboxylic acids is 1. The number of hydrogen-bond donors (Lipinski definition) is 0. The van der Waals surface area contributed by atoms with Crippen molar-refractivity contribution in [2.75, 3.05) is 13.2 Å². The molecular formula is C21H19N3O3S2. The van der Waals surface area contributed by atoms with Gasteiger partial charge in [-0.05, 0) is 24.6 Å². The zero-order chi connectivity index (χ0) is 20.1. The molecular weight excluding hydrogens is 406 g/mol. The Labute approximate surface area is 176 Å². The van der Waals surface area contributed by atoms with Crippen molar-refractivity contribution < 1.29 is 14.3 Å². The largest absolute Gasteiger partial charge is 0.493 e. The number of fused-ring (bicyclic) bond motifs is 1. The van der Waals surface area contributed by atoms with Crippen molar-refractivity contribution in [2.45, 2.75) is 19.8 Å². The molecule has 3 aromatic heterocycles. The Morgan fingerprint density at radius 2 is 1.86 bits per heavy atom. The summed E-state index contributed by atoms with van der Waals surface area (Å²) in [5, 5.41) is 5.85. The Hall–Kier alpha value is -2.84. The molecule has 0 aliphatic heterocycles. The van der Waals surface area contributed by atoms with Crippen molar-refractivity contribution in [3.8, 4) is 22.2 Å². The number of carbonyl (C=O) groups is 1. The molecule has 0 saturated carbocycles. The van der Waals surface area contributed by atoms with Crippen molar-refractivity contribution in [1.82, 2.24) is 15.0 Å². The number of rotatable bonds is 9. The van der Waals surface area contributed by atoms with E-state index in [0.29, 0.717) is 25.5 Å². The van der Waals surface area contributed by atoms with Gasteiger partial charge in [0.1, 0.15) is 27.7 Å². The smallest absolute Gasteiger partial charge is 0.226 e. The highest BCUT2D eigenvalue weighted by molar-refractivity contribution is 7.18. The van der Waals surface area contributed by atoms with E-state index in [0.717, 1.165) is 38.5 Å². The zero-order valence-electron chi connectivity index (χ0n) is 15.8. The Kier molecular flexibility index (Phi) is 6.12. The highest BCUT2D eigenvalue weighted by atomic mass is 32.1. The van der Waals surface area contributed by atoms with Crippen LogP contribution in [0.15, 0.2) is 47.5 Å². The lowest BCUT2D eigenvalue weighted by Gasteiger charge is -2.09. The molecule has 8 heteroatoms. The van der Waals surface area contributed by atoms with Crippen LogP contribution in [0, 0.1) is 0 Å². The van der Waals surface area contributed by atoms with Gasteiger partial charge >= 0.3 is 0 Å². The third-order valence-electron chi connectivity index (χ3n) is 4.17. The van der Waals surface area contributed by atoms with Gasteiger partial charge in [0, 0.05) is 35.4 Å². The van der Waals surface area contributed by atoms with Gasteiger partial charge in [0.15, 0.2) is 0 Å². The molecule has 0 spiro atoms. The Balaban J connectivity index is 1.32. The molecule has 4 aromatic rings. The molecule has 1 aromatic carbocycles. The van der Waals surface area contributed by atoms with E-state index < -0.39 is 0 Å². The van der Waals surface area contributed by atoms with Gasteiger partial charge in [0.25, 0.3) is 0 Å². The van der Waals surface area contributed by atoms with Crippen LogP contribution in [0.25, 0.3) is 20.8 Å². The number of ether oxygens (including phenoxy) is 2. The van der Waals surface area contributed by atoms with Crippen LogP contribution in [0.1, 0.15) is 18.9 Å². The normalized spacial score (nSPS) is 10.9. The first-order valence-corrected chi connectivity index (χ1v) is 10.9. The summed E-state index contributed by atoms with van der Waals surface area (Å²) in [7, 11) is 0. The quantitative estimate of drug-likeness (QED) is 0.359. The monoisotopic (exact) mass is 425 g/mol. The topological polar surface area (TPSA) is 74.2 Å². The Morgan fingerprint density at radius 3 is 2.62 bits per heavy atom. The van der Waals surface area contributed by atoms with E-state index in [1.807, 2.05) is 35.0 Å². The lowest BCUT2D eigenvalue weighted by molar-refractivity contribution is -0.116. The van der Waals surface area contributed by atoms with E-state index >= 15 is 0 Å². The lowest BCUT2D eigenvalue weighted by Crippen LogP contribution is -2.06. The molecule has 0 bridgehead atoms. The van der Waals surface area contributed by atoms with Gasteiger partial charge in [-0.15, -0.1) is 22.7 Å². The molecule has 0 aliphatic carbocycles. The van der Waals surface area contributed by atoms with Crippen LogP contribution in [-0.4, -0.2) is 33.9 Å². The SMILES string of the molecule is CC(=O)Cc1ccc(OCCCOc2ncnc3scc(-c4nccs4)c23)cc1. The van der Waals surface area contributed by atoms with Crippen LogP contribution in [-0.2, 0) is 11.2 Å². The number of thiophene rings is 1. The van der Waals surface area contributed by atoms with Gasteiger partial charge in [0.05, 0.1) is 18.6 Å². The van der Waals surface area contributed by atoms with Gasteiger partial charge in [-0.2, -0.15) is 0 Å². The van der Waals surface area contributed by atoms with Crippen LogP contribution in [0.2, 0.25) is 0 Å².